The number of rotatable bonds is 7. The zero-order chi connectivity index (χ0) is 18.9. The number of benzene rings is 1. The number of carbonyl (C=O) groups is 2. The molecule has 1 rings (SSSR count). The van der Waals surface area contributed by atoms with Gasteiger partial charge in [0.1, 0.15) is 5.60 Å². The van der Waals surface area contributed by atoms with Gasteiger partial charge in [0, 0.05) is 6.08 Å². The number of ether oxygens (including phenoxy) is 2. The number of nitrogens with one attached hydrogen (secondary N) is 1. The highest BCUT2D eigenvalue weighted by molar-refractivity contribution is 5.82. The van der Waals surface area contributed by atoms with E-state index in [2.05, 4.69) is 5.32 Å². The van der Waals surface area contributed by atoms with Crippen molar-refractivity contribution in [3.8, 4) is 0 Å². The summed E-state index contributed by atoms with van der Waals surface area (Å²) in [6.45, 7) is 7.23. The van der Waals surface area contributed by atoms with Crippen molar-refractivity contribution >= 4 is 12.1 Å². The lowest BCUT2D eigenvalue weighted by atomic mass is 10.0. The molecule has 138 valence electrons. The van der Waals surface area contributed by atoms with Crippen molar-refractivity contribution in [3.63, 3.8) is 0 Å². The van der Waals surface area contributed by atoms with E-state index in [1.54, 1.807) is 27.7 Å². The highest BCUT2D eigenvalue weighted by atomic mass is 16.6. The molecule has 0 saturated heterocycles. The van der Waals surface area contributed by atoms with Gasteiger partial charge in [-0.15, -0.1) is 0 Å². The van der Waals surface area contributed by atoms with Crippen molar-refractivity contribution < 1.29 is 24.2 Å². The Morgan fingerprint density at radius 3 is 2.44 bits per heavy atom. The van der Waals surface area contributed by atoms with Gasteiger partial charge in [0.25, 0.3) is 0 Å². The Morgan fingerprint density at radius 2 is 1.88 bits per heavy atom. The first kappa shape index (κ1) is 20.7. The predicted octanol–water partition coefficient (Wildman–Crippen LogP) is 2.60. The van der Waals surface area contributed by atoms with E-state index >= 15 is 0 Å². The van der Waals surface area contributed by atoms with Crippen LogP contribution >= 0.6 is 0 Å². The average Bonchev–Trinajstić information content (AvgIpc) is 2.51. The Kier molecular flexibility index (Phi) is 8.15. The maximum absolute atomic E-state index is 12.0. The summed E-state index contributed by atoms with van der Waals surface area (Å²) in [5, 5.41) is 13.0. The van der Waals surface area contributed by atoms with Crippen LogP contribution in [0, 0.1) is 0 Å². The number of aliphatic hydroxyl groups excluding tert-OH is 1. The molecule has 0 aliphatic rings. The fourth-order valence-corrected chi connectivity index (χ4v) is 2.09. The number of amides is 1. The molecule has 0 spiro atoms. The monoisotopic (exact) mass is 349 g/mol. The van der Waals surface area contributed by atoms with Crippen LogP contribution in [0.5, 0.6) is 0 Å². The smallest absolute Gasteiger partial charge is 0.407 e. The van der Waals surface area contributed by atoms with Crippen LogP contribution in [-0.4, -0.2) is 41.5 Å². The molecule has 1 aromatic carbocycles. The van der Waals surface area contributed by atoms with Crippen LogP contribution in [0.2, 0.25) is 0 Å². The molecule has 0 unspecified atom stereocenters. The van der Waals surface area contributed by atoms with Crippen molar-refractivity contribution in [1.29, 1.82) is 0 Å². The Bertz CT molecular complexity index is 577. The lowest BCUT2D eigenvalue weighted by Crippen LogP contribution is -2.46. The van der Waals surface area contributed by atoms with E-state index in [1.165, 1.54) is 6.08 Å². The quantitative estimate of drug-likeness (QED) is 0.584. The second-order valence-electron chi connectivity index (χ2n) is 6.54. The molecule has 0 aliphatic carbocycles. The predicted molar refractivity (Wildman–Crippen MR) is 95.1 cm³/mol. The number of hydrogen-bond acceptors (Lipinski definition) is 5. The van der Waals surface area contributed by atoms with Gasteiger partial charge in [-0.25, -0.2) is 9.59 Å². The van der Waals surface area contributed by atoms with Crippen LogP contribution in [0.4, 0.5) is 4.79 Å². The summed E-state index contributed by atoms with van der Waals surface area (Å²) in [4.78, 5) is 23.5. The highest BCUT2D eigenvalue weighted by Crippen LogP contribution is 2.11. The molecule has 2 atom stereocenters. The van der Waals surface area contributed by atoms with E-state index in [0.29, 0.717) is 6.42 Å². The SMILES string of the molecule is CCOC(=O)/C=C/[C@H](O)[C@@H](Cc1ccccc1)NC(=O)OC(C)(C)C. The van der Waals surface area contributed by atoms with E-state index in [0.717, 1.165) is 11.6 Å². The van der Waals surface area contributed by atoms with Gasteiger partial charge in [0.05, 0.1) is 18.8 Å². The molecule has 0 fully saturated rings. The van der Waals surface area contributed by atoms with Crippen LogP contribution in [0.1, 0.15) is 33.3 Å². The second kappa shape index (κ2) is 9.84. The van der Waals surface area contributed by atoms with Gasteiger partial charge in [0.15, 0.2) is 0 Å². The lowest BCUT2D eigenvalue weighted by molar-refractivity contribution is -0.137. The van der Waals surface area contributed by atoms with Gasteiger partial charge in [-0.3, -0.25) is 0 Å². The number of hydrogen-bond donors (Lipinski definition) is 2. The minimum Gasteiger partial charge on any atom is -0.463 e. The number of carbonyl (C=O) groups excluding carboxylic acids is 2. The van der Waals surface area contributed by atoms with Gasteiger partial charge in [-0.05, 0) is 45.8 Å². The maximum Gasteiger partial charge on any atom is 0.407 e. The first-order chi connectivity index (χ1) is 11.7. The Hall–Kier alpha value is -2.34. The summed E-state index contributed by atoms with van der Waals surface area (Å²) in [5.74, 6) is -0.544. The average molecular weight is 349 g/mol. The van der Waals surface area contributed by atoms with Crippen molar-refractivity contribution in [2.75, 3.05) is 6.61 Å². The molecule has 6 heteroatoms. The molecule has 1 aromatic rings. The molecule has 0 aliphatic heterocycles. The molecule has 0 heterocycles. The molecule has 1 amide bonds. The minimum atomic E-state index is -1.07. The zero-order valence-corrected chi connectivity index (χ0v) is 15.2. The Morgan fingerprint density at radius 1 is 1.24 bits per heavy atom. The van der Waals surface area contributed by atoms with Gasteiger partial charge < -0.3 is 19.9 Å². The first-order valence-corrected chi connectivity index (χ1v) is 8.27. The summed E-state index contributed by atoms with van der Waals surface area (Å²) in [5.41, 5.74) is 0.291. The van der Waals surface area contributed by atoms with Gasteiger partial charge >= 0.3 is 12.1 Å². The molecule has 0 aromatic heterocycles. The largest absolute Gasteiger partial charge is 0.463 e. The van der Waals surface area contributed by atoms with Crippen molar-refractivity contribution in [1.82, 2.24) is 5.32 Å². The van der Waals surface area contributed by atoms with Gasteiger partial charge in [-0.1, -0.05) is 30.3 Å². The number of esters is 1. The summed E-state index contributed by atoms with van der Waals surface area (Å²) < 4.78 is 10.0. The summed E-state index contributed by atoms with van der Waals surface area (Å²) in [7, 11) is 0. The molecule has 6 nitrogen and oxygen atoms in total. The standard InChI is InChI=1S/C19H27NO5/c1-5-24-17(22)12-11-16(21)15(13-14-9-7-6-8-10-14)20-18(23)25-19(2,3)4/h6-12,15-16,21H,5,13H2,1-4H3,(H,20,23)/b12-11+/t15-,16+/m1/s1. The normalized spacial score (nSPS) is 14.0. The molecule has 0 bridgehead atoms. The fourth-order valence-electron chi connectivity index (χ4n) is 2.09. The van der Waals surface area contributed by atoms with E-state index in [-0.39, 0.29) is 6.61 Å². The zero-order valence-electron chi connectivity index (χ0n) is 15.2. The summed E-state index contributed by atoms with van der Waals surface area (Å²) in [6.07, 6.45) is 1.15. The number of aliphatic hydroxyl groups is 1. The topological polar surface area (TPSA) is 84.9 Å². The molecular weight excluding hydrogens is 322 g/mol. The first-order valence-electron chi connectivity index (χ1n) is 8.27. The Balaban J connectivity index is 2.82. The van der Waals surface area contributed by atoms with Crippen molar-refractivity contribution in [2.45, 2.75) is 51.9 Å². The molecule has 2 N–H and O–H groups in total. The number of alkyl carbamates (subject to hydrolysis) is 1. The van der Waals surface area contributed by atoms with Crippen LogP contribution < -0.4 is 5.32 Å². The third kappa shape index (κ3) is 8.91. The van der Waals surface area contributed by atoms with E-state index in [9.17, 15) is 14.7 Å². The lowest BCUT2D eigenvalue weighted by Gasteiger charge is -2.25. The summed E-state index contributed by atoms with van der Waals surface area (Å²) in [6, 6.07) is 8.78. The molecule has 0 radical (unpaired) electrons. The van der Waals surface area contributed by atoms with E-state index in [4.69, 9.17) is 9.47 Å². The van der Waals surface area contributed by atoms with Crippen LogP contribution in [0.3, 0.4) is 0 Å². The molecular formula is C19H27NO5. The van der Waals surface area contributed by atoms with Crippen LogP contribution in [0.15, 0.2) is 42.5 Å². The van der Waals surface area contributed by atoms with Gasteiger partial charge in [-0.2, -0.15) is 0 Å². The third-order valence-electron chi connectivity index (χ3n) is 3.13. The summed E-state index contributed by atoms with van der Waals surface area (Å²) >= 11 is 0. The van der Waals surface area contributed by atoms with Crippen molar-refractivity contribution in [2.24, 2.45) is 0 Å². The van der Waals surface area contributed by atoms with Crippen molar-refractivity contribution in [3.05, 3.63) is 48.0 Å². The van der Waals surface area contributed by atoms with E-state index < -0.39 is 29.8 Å². The minimum absolute atomic E-state index is 0.253. The van der Waals surface area contributed by atoms with Gasteiger partial charge in [0.2, 0.25) is 0 Å². The third-order valence-corrected chi connectivity index (χ3v) is 3.13. The highest BCUT2D eigenvalue weighted by Gasteiger charge is 2.23. The Labute approximate surface area is 148 Å². The fraction of sp³-hybridized carbons (Fsp3) is 0.474. The second-order valence-corrected chi connectivity index (χ2v) is 6.54. The maximum atomic E-state index is 12.0. The van der Waals surface area contributed by atoms with Crippen LogP contribution in [-0.2, 0) is 20.7 Å². The molecule has 0 saturated carbocycles. The van der Waals surface area contributed by atoms with Crippen LogP contribution in [0.25, 0.3) is 0 Å². The van der Waals surface area contributed by atoms with E-state index in [1.807, 2.05) is 30.3 Å². The molecule has 25 heavy (non-hydrogen) atoms.